The van der Waals surface area contributed by atoms with Gasteiger partial charge in [-0.25, -0.2) is 4.98 Å². The zero-order valence-corrected chi connectivity index (χ0v) is 12.5. The van der Waals surface area contributed by atoms with Crippen LogP contribution in [-0.4, -0.2) is 32.9 Å². The van der Waals surface area contributed by atoms with Crippen LogP contribution < -0.4 is 5.73 Å². The summed E-state index contributed by atoms with van der Waals surface area (Å²) in [7, 11) is 0. The molecule has 0 saturated heterocycles. The van der Waals surface area contributed by atoms with E-state index in [1.807, 2.05) is 23.1 Å². The van der Waals surface area contributed by atoms with Gasteiger partial charge in [0.05, 0.1) is 29.8 Å². The normalized spacial score (nSPS) is 22.8. The number of hydrogen-bond donors (Lipinski definition) is 2. The molecule has 1 fully saturated rings. The van der Waals surface area contributed by atoms with E-state index < -0.39 is 5.54 Å². The van der Waals surface area contributed by atoms with Gasteiger partial charge in [0.1, 0.15) is 0 Å². The Morgan fingerprint density at radius 3 is 2.77 bits per heavy atom. The smallest absolute Gasteiger partial charge is 0.243 e. The maximum atomic E-state index is 12.8. The van der Waals surface area contributed by atoms with Crippen LogP contribution in [0.15, 0.2) is 36.7 Å². The molecule has 1 amide bonds. The predicted molar refractivity (Wildman–Crippen MR) is 83.1 cm³/mol. The first-order chi connectivity index (χ1) is 10.7. The predicted octanol–water partition coefficient (Wildman–Crippen LogP) is 1.77. The molecule has 22 heavy (non-hydrogen) atoms. The zero-order chi connectivity index (χ0) is 15.2. The van der Waals surface area contributed by atoms with Crippen molar-refractivity contribution < 1.29 is 4.79 Å². The number of imidazole rings is 1. The van der Waals surface area contributed by atoms with E-state index in [-0.39, 0.29) is 11.8 Å². The van der Waals surface area contributed by atoms with E-state index in [1.165, 1.54) is 5.56 Å². The second-order valence-electron chi connectivity index (χ2n) is 6.42. The van der Waals surface area contributed by atoms with Crippen molar-refractivity contribution in [2.75, 3.05) is 6.54 Å². The summed E-state index contributed by atoms with van der Waals surface area (Å²) >= 11 is 0. The molecule has 1 aromatic heterocycles. The van der Waals surface area contributed by atoms with Crippen LogP contribution in [-0.2, 0) is 11.3 Å². The topological polar surface area (TPSA) is 75.0 Å². The number of carbonyl (C=O) groups excluding carboxylic acids is 1. The average Bonchev–Trinajstić information content (AvgIpc) is 3.00. The minimum atomic E-state index is -0.640. The number of rotatable bonds is 2. The number of nitrogens with zero attached hydrogens (tertiary/aromatic N) is 2. The molecule has 2 aromatic rings. The monoisotopic (exact) mass is 296 g/mol. The highest BCUT2D eigenvalue weighted by molar-refractivity contribution is 5.87. The molecule has 0 radical (unpaired) electrons. The van der Waals surface area contributed by atoms with Gasteiger partial charge in [-0.2, -0.15) is 0 Å². The molecule has 2 heterocycles. The Morgan fingerprint density at radius 2 is 2.09 bits per heavy atom. The molecule has 114 valence electrons. The van der Waals surface area contributed by atoms with Crippen molar-refractivity contribution in [2.45, 2.75) is 37.3 Å². The summed E-state index contributed by atoms with van der Waals surface area (Å²) in [6.45, 7) is 1.23. The lowest BCUT2D eigenvalue weighted by atomic mass is 9.76. The number of aromatic amines is 1. The summed E-state index contributed by atoms with van der Waals surface area (Å²) in [6, 6.07) is 10.2. The van der Waals surface area contributed by atoms with E-state index in [1.54, 1.807) is 6.33 Å². The minimum absolute atomic E-state index is 0.0833. The molecule has 0 spiro atoms. The summed E-state index contributed by atoms with van der Waals surface area (Å²) in [5.74, 6) is 0.198. The quantitative estimate of drug-likeness (QED) is 0.887. The van der Waals surface area contributed by atoms with Crippen LogP contribution in [0.2, 0.25) is 0 Å². The van der Waals surface area contributed by atoms with Gasteiger partial charge in [0, 0.05) is 12.5 Å². The Hall–Kier alpha value is -2.14. The van der Waals surface area contributed by atoms with Gasteiger partial charge in [0.25, 0.3) is 0 Å². The van der Waals surface area contributed by atoms with E-state index in [0.29, 0.717) is 13.1 Å². The van der Waals surface area contributed by atoms with Crippen molar-refractivity contribution in [2.24, 2.45) is 5.73 Å². The van der Waals surface area contributed by atoms with Gasteiger partial charge in [-0.3, -0.25) is 4.79 Å². The molecule has 1 atom stereocenters. The number of amides is 1. The SMILES string of the molecule is NC1(C(=O)N2Cc3[nH]cnc3C(c3ccccc3)C2)CCC1. The molecule has 5 heteroatoms. The molecule has 4 rings (SSSR count). The number of carbonyl (C=O) groups is 1. The molecule has 2 aliphatic rings. The molecule has 1 aromatic carbocycles. The third kappa shape index (κ3) is 2.04. The van der Waals surface area contributed by atoms with Crippen LogP contribution >= 0.6 is 0 Å². The number of aromatic nitrogens is 2. The molecule has 1 aliphatic heterocycles. The summed E-state index contributed by atoms with van der Waals surface area (Å²) in [4.78, 5) is 22.3. The fraction of sp³-hybridized carbons (Fsp3) is 0.412. The summed E-state index contributed by atoms with van der Waals surface area (Å²) in [5, 5.41) is 0. The Morgan fingerprint density at radius 1 is 1.32 bits per heavy atom. The number of fused-ring (bicyclic) bond motifs is 1. The minimum Gasteiger partial charge on any atom is -0.347 e. The van der Waals surface area contributed by atoms with Crippen molar-refractivity contribution in [3.63, 3.8) is 0 Å². The first-order valence-corrected chi connectivity index (χ1v) is 7.83. The molecule has 1 saturated carbocycles. The van der Waals surface area contributed by atoms with E-state index in [0.717, 1.165) is 30.7 Å². The lowest BCUT2D eigenvalue weighted by Crippen LogP contribution is -2.60. The second kappa shape index (κ2) is 4.95. The van der Waals surface area contributed by atoms with Gasteiger partial charge in [0.15, 0.2) is 0 Å². The van der Waals surface area contributed by atoms with Crippen LogP contribution in [0.1, 0.15) is 42.1 Å². The number of H-pyrrole nitrogens is 1. The fourth-order valence-corrected chi connectivity index (χ4v) is 3.51. The molecule has 3 N–H and O–H groups in total. The summed E-state index contributed by atoms with van der Waals surface area (Å²) < 4.78 is 0. The largest absolute Gasteiger partial charge is 0.347 e. The number of benzene rings is 1. The Labute approximate surface area is 129 Å². The maximum Gasteiger partial charge on any atom is 0.243 e. The maximum absolute atomic E-state index is 12.8. The number of hydrogen-bond acceptors (Lipinski definition) is 3. The van der Waals surface area contributed by atoms with Crippen LogP contribution in [0.5, 0.6) is 0 Å². The number of nitrogens with two attached hydrogens (primary N) is 1. The molecule has 1 aliphatic carbocycles. The van der Waals surface area contributed by atoms with Gasteiger partial charge in [0.2, 0.25) is 5.91 Å². The molecule has 0 bridgehead atoms. The second-order valence-corrected chi connectivity index (χ2v) is 6.42. The molecular weight excluding hydrogens is 276 g/mol. The number of nitrogens with one attached hydrogen (secondary N) is 1. The van der Waals surface area contributed by atoms with E-state index in [4.69, 9.17) is 5.73 Å². The fourth-order valence-electron chi connectivity index (χ4n) is 3.51. The Balaban J connectivity index is 1.67. The van der Waals surface area contributed by atoms with E-state index in [9.17, 15) is 4.79 Å². The third-order valence-corrected chi connectivity index (χ3v) is 4.99. The van der Waals surface area contributed by atoms with Crippen molar-refractivity contribution in [1.29, 1.82) is 0 Å². The Bertz CT molecular complexity index is 690. The van der Waals surface area contributed by atoms with Gasteiger partial charge in [-0.1, -0.05) is 30.3 Å². The van der Waals surface area contributed by atoms with Gasteiger partial charge >= 0.3 is 0 Å². The first-order valence-electron chi connectivity index (χ1n) is 7.83. The third-order valence-electron chi connectivity index (χ3n) is 4.99. The van der Waals surface area contributed by atoms with Crippen LogP contribution in [0.4, 0.5) is 0 Å². The average molecular weight is 296 g/mol. The zero-order valence-electron chi connectivity index (χ0n) is 12.5. The molecule has 5 nitrogen and oxygen atoms in total. The Kier molecular flexibility index (Phi) is 3.04. The highest BCUT2D eigenvalue weighted by atomic mass is 16.2. The van der Waals surface area contributed by atoms with Gasteiger partial charge < -0.3 is 15.6 Å². The van der Waals surface area contributed by atoms with Crippen LogP contribution in [0.3, 0.4) is 0 Å². The van der Waals surface area contributed by atoms with Crippen molar-refractivity contribution in [3.05, 3.63) is 53.6 Å². The standard InChI is InChI=1S/C17H20N4O/c18-17(7-4-8-17)16(22)21-9-13(12-5-2-1-3-6-12)15-14(10-21)19-11-20-15/h1-3,5-6,11,13H,4,7-10,18H2,(H,19,20). The highest BCUT2D eigenvalue weighted by Crippen LogP contribution is 2.36. The molecular formula is C17H20N4O. The van der Waals surface area contributed by atoms with Crippen molar-refractivity contribution >= 4 is 5.91 Å². The van der Waals surface area contributed by atoms with Crippen molar-refractivity contribution in [3.8, 4) is 0 Å². The van der Waals surface area contributed by atoms with Crippen LogP contribution in [0, 0.1) is 0 Å². The highest BCUT2D eigenvalue weighted by Gasteiger charge is 2.44. The lowest BCUT2D eigenvalue weighted by Gasteiger charge is -2.42. The van der Waals surface area contributed by atoms with Crippen molar-refractivity contribution in [1.82, 2.24) is 14.9 Å². The molecule has 1 unspecified atom stereocenters. The summed E-state index contributed by atoms with van der Waals surface area (Å²) in [5.41, 5.74) is 8.86. The van der Waals surface area contributed by atoms with E-state index >= 15 is 0 Å². The lowest BCUT2D eigenvalue weighted by molar-refractivity contribution is -0.141. The van der Waals surface area contributed by atoms with Gasteiger partial charge in [-0.15, -0.1) is 0 Å². The first kappa shape index (κ1) is 13.5. The summed E-state index contributed by atoms with van der Waals surface area (Å²) in [6.07, 6.45) is 4.37. The van der Waals surface area contributed by atoms with Crippen LogP contribution in [0.25, 0.3) is 0 Å². The van der Waals surface area contributed by atoms with E-state index in [2.05, 4.69) is 22.1 Å². The van der Waals surface area contributed by atoms with Gasteiger partial charge in [-0.05, 0) is 24.8 Å².